The lowest BCUT2D eigenvalue weighted by Gasteiger charge is -2.23. The van der Waals surface area contributed by atoms with Crippen molar-refractivity contribution in [2.24, 2.45) is 4.99 Å². The van der Waals surface area contributed by atoms with Crippen LogP contribution in [0.4, 0.5) is 24.5 Å². The van der Waals surface area contributed by atoms with Gasteiger partial charge in [-0.25, -0.2) is 9.38 Å². The predicted molar refractivity (Wildman–Crippen MR) is 120 cm³/mol. The van der Waals surface area contributed by atoms with Gasteiger partial charge in [-0.15, -0.1) is 0 Å². The number of carbonyl (C=O) groups is 2. The first-order valence-corrected chi connectivity index (χ1v) is 11.5. The Hall–Kier alpha value is -3.01. The zero-order valence-corrected chi connectivity index (χ0v) is 18.4. The topological polar surface area (TPSA) is 71.0 Å². The van der Waals surface area contributed by atoms with Crippen LogP contribution in [0.3, 0.4) is 0 Å². The molecule has 2 aromatic rings. The van der Waals surface area contributed by atoms with Crippen LogP contribution in [-0.2, 0) is 9.59 Å². The number of amides is 2. The molecule has 6 nitrogen and oxygen atoms in total. The van der Waals surface area contributed by atoms with Gasteiger partial charge in [-0.3, -0.25) is 14.5 Å². The Morgan fingerprint density at radius 3 is 2.52 bits per heavy atom. The molecule has 0 aromatic heterocycles. The van der Waals surface area contributed by atoms with E-state index in [4.69, 9.17) is 0 Å². The van der Waals surface area contributed by atoms with Crippen molar-refractivity contribution in [2.75, 3.05) is 5.32 Å². The van der Waals surface area contributed by atoms with Gasteiger partial charge in [-0.05, 0) is 49.2 Å². The van der Waals surface area contributed by atoms with Crippen LogP contribution >= 0.6 is 11.8 Å². The van der Waals surface area contributed by atoms with E-state index in [9.17, 15) is 22.8 Å². The number of thioether (sulfide) groups is 1. The predicted octanol–water partition coefficient (Wildman–Crippen LogP) is 5.33. The smallest absolute Gasteiger partial charge is 0.387 e. The third-order valence-corrected chi connectivity index (χ3v) is 6.61. The van der Waals surface area contributed by atoms with Gasteiger partial charge >= 0.3 is 6.61 Å². The van der Waals surface area contributed by atoms with Gasteiger partial charge in [0.25, 0.3) is 0 Å². The summed E-state index contributed by atoms with van der Waals surface area (Å²) >= 11 is 1.19. The van der Waals surface area contributed by atoms with Gasteiger partial charge < -0.3 is 10.1 Å². The molecule has 1 aliphatic carbocycles. The molecular formula is C23H22F3N3O3S. The molecule has 0 bridgehead atoms. The first-order valence-electron chi connectivity index (χ1n) is 10.6. The second-order valence-corrected chi connectivity index (χ2v) is 8.92. The first-order chi connectivity index (χ1) is 15.9. The number of rotatable bonds is 7. The van der Waals surface area contributed by atoms with Gasteiger partial charge in [-0.1, -0.05) is 36.7 Å². The largest absolute Gasteiger partial charge is 0.435 e. The molecule has 2 aromatic carbocycles. The number of halogens is 3. The molecule has 0 unspecified atom stereocenters. The Kier molecular flexibility index (Phi) is 7.22. The minimum absolute atomic E-state index is 0.00446. The van der Waals surface area contributed by atoms with Crippen LogP contribution in [0.25, 0.3) is 0 Å². The molecule has 1 atom stereocenters. The fourth-order valence-corrected chi connectivity index (χ4v) is 5.15. The van der Waals surface area contributed by atoms with E-state index >= 15 is 0 Å². The van der Waals surface area contributed by atoms with E-state index < -0.39 is 23.6 Å². The molecule has 0 spiro atoms. The number of benzene rings is 2. The maximum atomic E-state index is 13.8. The van der Waals surface area contributed by atoms with Crippen LogP contribution in [0.1, 0.15) is 32.1 Å². The quantitative estimate of drug-likeness (QED) is 0.585. The van der Waals surface area contributed by atoms with Crippen molar-refractivity contribution in [1.82, 2.24) is 4.90 Å². The molecule has 10 heteroatoms. The standard InChI is InChI=1S/C23H22F3N3O3S/c24-17-7-3-4-8-18(17)28-20(30)13-19-21(31)29(15-5-1-2-6-15)23(33-19)27-14-9-11-16(12-10-14)32-22(25)26/h3-4,7-12,15,19,22H,1-2,5-6,13H2,(H,28,30)/t19-/m1/s1. The number of alkyl halides is 2. The fraction of sp³-hybridized carbons (Fsp3) is 0.348. The maximum Gasteiger partial charge on any atom is 0.387 e. The highest BCUT2D eigenvalue weighted by atomic mass is 32.2. The number of carbonyl (C=O) groups excluding carboxylic acids is 2. The van der Waals surface area contributed by atoms with Gasteiger partial charge in [-0.2, -0.15) is 8.78 Å². The average molecular weight is 478 g/mol. The van der Waals surface area contributed by atoms with Crippen LogP contribution in [0, 0.1) is 5.82 Å². The molecule has 4 rings (SSSR count). The third-order valence-electron chi connectivity index (χ3n) is 5.46. The Balaban J connectivity index is 1.51. The number of hydrogen-bond acceptors (Lipinski definition) is 5. The Morgan fingerprint density at radius 1 is 1.15 bits per heavy atom. The molecule has 2 aliphatic rings. The Morgan fingerprint density at radius 2 is 1.85 bits per heavy atom. The van der Waals surface area contributed by atoms with Crippen molar-refractivity contribution in [3.05, 3.63) is 54.3 Å². The molecule has 174 valence electrons. The van der Waals surface area contributed by atoms with Crippen LogP contribution in [0.15, 0.2) is 53.5 Å². The molecular weight excluding hydrogens is 455 g/mol. The summed E-state index contributed by atoms with van der Waals surface area (Å²) in [5, 5.41) is 2.30. The Labute approximate surface area is 193 Å². The summed E-state index contributed by atoms with van der Waals surface area (Å²) in [4.78, 5) is 31.9. The summed E-state index contributed by atoms with van der Waals surface area (Å²) in [6.45, 7) is -2.92. The van der Waals surface area contributed by atoms with E-state index in [1.54, 1.807) is 11.0 Å². The summed E-state index contributed by atoms with van der Waals surface area (Å²) in [5.74, 6) is -1.20. The van der Waals surface area contributed by atoms with Gasteiger partial charge in [0.05, 0.1) is 11.4 Å². The lowest BCUT2D eigenvalue weighted by molar-refractivity contribution is -0.129. The fourth-order valence-electron chi connectivity index (χ4n) is 3.94. The van der Waals surface area contributed by atoms with E-state index in [1.807, 2.05) is 0 Å². The minimum Gasteiger partial charge on any atom is -0.435 e. The number of anilines is 1. The number of nitrogens with zero attached hydrogens (tertiary/aromatic N) is 2. The number of hydrogen-bond donors (Lipinski definition) is 1. The van der Waals surface area contributed by atoms with Crippen molar-refractivity contribution in [1.29, 1.82) is 0 Å². The summed E-state index contributed by atoms with van der Waals surface area (Å²) in [6, 6.07) is 11.7. The molecule has 1 aliphatic heterocycles. The monoisotopic (exact) mass is 477 g/mol. The van der Waals surface area contributed by atoms with Gasteiger partial charge in [0.15, 0.2) is 5.17 Å². The molecule has 1 heterocycles. The summed E-state index contributed by atoms with van der Waals surface area (Å²) in [7, 11) is 0. The van der Waals surface area contributed by atoms with Crippen molar-refractivity contribution >= 4 is 40.1 Å². The van der Waals surface area contributed by atoms with E-state index in [-0.39, 0.29) is 29.8 Å². The lowest BCUT2D eigenvalue weighted by atomic mass is 10.2. The molecule has 1 N–H and O–H groups in total. The second kappa shape index (κ2) is 10.3. The van der Waals surface area contributed by atoms with E-state index in [2.05, 4.69) is 15.0 Å². The summed E-state index contributed by atoms with van der Waals surface area (Å²) < 4.78 is 42.9. The van der Waals surface area contributed by atoms with Gasteiger partial charge in [0.1, 0.15) is 16.8 Å². The maximum absolute atomic E-state index is 13.8. The van der Waals surface area contributed by atoms with E-state index in [0.29, 0.717) is 10.9 Å². The zero-order chi connectivity index (χ0) is 23.4. The van der Waals surface area contributed by atoms with E-state index in [1.165, 1.54) is 54.2 Å². The van der Waals surface area contributed by atoms with E-state index in [0.717, 1.165) is 25.7 Å². The van der Waals surface area contributed by atoms with Gasteiger partial charge in [0.2, 0.25) is 11.8 Å². The third kappa shape index (κ3) is 5.68. The minimum atomic E-state index is -2.92. The average Bonchev–Trinajstić information content (AvgIpc) is 3.39. The van der Waals surface area contributed by atoms with Gasteiger partial charge in [0, 0.05) is 12.5 Å². The SMILES string of the molecule is O=C(C[C@H]1SC(=Nc2ccc(OC(F)F)cc2)N(C2CCCC2)C1=O)Nc1ccccc1F. The molecule has 33 heavy (non-hydrogen) atoms. The number of para-hydroxylation sites is 1. The molecule has 0 radical (unpaired) electrons. The van der Waals surface area contributed by atoms with Crippen molar-refractivity contribution < 1.29 is 27.5 Å². The highest BCUT2D eigenvalue weighted by molar-refractivity contribution is 8.15. The number of amidine groups is 1. The van der Waals surface area contributed by atoms with Crippen LogP contribution in [0.2, 0.25) is 0 Å². The first kappa shape index (κ1) is 23.2. The highest BCUT2D eigenvalue weighted by Gasteiger charge is 2.43. The summed E-state index contributed by atoms with van der Waals surface area (Å²) in [5.41, 5.74) is 0.539. The van der Waals surface area contributed by atoms with Crippen molar-refractivity contribution in [3.63, 3.8) is 0 Å². The number of ether oxygens (including phenoxy) is 1. The second-order valence-electron chi connectivity index (χ2n) is 7.75. The summed E-state index contributed by atoms with van der Waals surface area (Å²) in [6.07, 6.45) is 3.58. The zero-order valence-electron chi connectivity index (χ0n) is 17.5. The normalized spacial score (nSPS) is 20.1. The van der Waals surface area contributed by atoms with Crippen LogP contribution < -0.4 is 10.1 Å². The molecule has 1 saturated carbocycles. The molecule has 2 fully saturated rings. The molecule has 2 amide bonds. The molecule has 1 saturated heterocycles. The van der Waals surface area contributed by atoms with Crippen LogP contribution in [-0.4, -0.2) is 39.8 Å². The van der Waals surface area contributed by atoms with Crippen molar-refractivity contribution in [2.45, 2.75) is 50.0 Å². The van der Waals surface area contributed by atoms with Crippen LogP contribution in [0.5, 0.6) is 5.75 Å². The van der Waals surface area contributed by atoms with Crippen molar-refractivity contribution in [3.8, 4) is 5.75 Å². The Bertz CT molecular complexity index is 1040. The lowest BCUT2D eigenvalue weighted by Crippen LogP contribution is -2.40. The highest BCUT2D eigenvalue weighted by Crippen LogP contribution is 2.37. The number of nitrogens with one attached hydrogen (secondary N) is 1. The number of aliphatic imine (C=N–C) groups is 1.